The summed E-state index contributed by atoms with van der Waals surface area (Å²) in [7, 11) is 0. The molecule has 0 saturated carbocycles. The van der Waals surface area contributed by atoms with Crippen LogP contribution >= 0.6 is 0 Å². The van der Waals surface area contributed by atoms with Gasteiger partial charge in [0.1, 0.15) is 11.3 Å². The van der Waals surface area contributed by atoms with Crippen molar-refractivity contribution in [1.29, 1.82) is 0 Å². The first kappa shape index (κ1) is 12.8. The molecule has 0 radical (unpaired) electrons. The first-order chi connectivity index (χ1) is 10.0. The minimum atomic E-state index is -0.816. The number of amides is 2. The number of fused-ring (bicyclic) bond motifs is 1. The Labute approximate surface area is 118 Å². The Bertz CT molecular complexity index is 800. The van der Waals surface area contributed by atoms with Crippen LogP contribution in [0.25, 0.3) is 0 Å². The SMILES string of the molecule is O=C1c2cccc([N+](=O)[O-])c2C(=O)N1c1ccccc1O. The molecule has 21 heavy (non-hydrogen) atoms. The van der Waals surface area contributed by atoms with Gasteiger partial charge in [-0.1, -0.05) is 18.2 Å². The van der Waals surface area contributed by atoms with Gasteiger partial charge in [0, 0.05) is 6.07 Å². The molecule has 0 bridgehead atoms. The van der Waals surface area contributed by atoms with E-state index < -0.39 is 22.4 Å². The van der Waals surface area contributed by atoms with Gasteiger partial charge in [0.15, 0.2) is 0 Å². The smallest absolute Gasteiger partial charge is 0.283 e. The van der Waals surface area contributed by atoms with Crippen LogP contribution in [-0.2, 0) is 0 Å². The third kappa shape index (κ3) is 1.75. The molecule has 104 valence electrons. The predicted octanol–water partition coefficient (Wildman–Crippen LogP) is 2.10. The van der Waals surface area contributed by atoms with E-state index in [9.17, 15) is 24.8 Å². The van der Waals surface area contributed by atoms with E-state index >= 15 is 0 Å². The highest BCUT2D eigenvalue weighted by Gasteiger charge is 2.42. The van der Waals surface area contributed by atoms with Gasteiger partial charge in [0.2, 0.25) is 0 Å². The van der Waals surface area contributed by atoms with Crippen molar-refractivity contribution in [2.75, 3.05) is 4.90 Å². The van der Waals surface area contributed by atoms with Crippen molar-refractivity contribution < 1.29 is 19.6 Å². The average Bonchev–Trinajstić information content (AvgIpc) is 2.72. The summed E-state index contributed by atoms with van der Waals surface area (Å²) in [6.07, 6.45) is 0. The van der Waals surface area contributed by atoms with Crippen molar-refractivity contribution in [3.05, 3.63) is 63.7 Å². The number of aromatic hydroxyl groups is 1. The van der Waals surface area contributed by atoms with Gasteiger partial charge >= 0.3 is 0 Å². The topological polar surface area (TPSA) is 101 Å². The van der Waals surface area contributed by atoms with E-state index in [1.165, 1.54) is 30.3 Å². The van der Waals surface area contributed by atoms with Gasteiger partial charge < -0.3 is 5.11 Å². The number of phenolic OH excluding ortho intramolecular Hbond substituents is 1. The second-order valence-electron chi connectivity index (χ2n) is 4.39. The fourth-order valence-electron chi connectivity index (χ4n) is 2.29. The number of anilines is 1. The molecule has 0 atom stereocenters. The van der Waals surface area contributed by atoms with Crippen LogP contribution in [0.5, 0.6) is 5.75 Å². The van der Waals surface area contributed by atoms with Crippen LogP contribution in [0.15, 0.2) is 42.5 Å². The molecule has 1 N–H and O–H groups in total. The molecule has 0 fully saturated rings. The second kappa shape index (κ2) is 4.41. The Kier molecular flexibility index (Phi) is 2.69. The van der Waals surface area contributed by atoms with Crippen molar-refractivity contribution in [2.24, 2.45) is 0 Å². The van der Waals surface area contributed by atoms with Crippen LogP contribution in [0.4, 0.5) is 11.4 Å². The van der Waals surface area contributed by atoms with Gasteiger partial charge in [-0.25, -0.2) is 4.90 Å². The van der Waals surface area contributed by atoms with Crippen LogP contribution in [0, 0.1) is 10.1 Å². The molecule has 7 heteroatoms. The van der Waals surface area contributed by atoms with E-state index in [0.717, 1.165) is 4.90 Å². The minimum Gasteiger partial charge on any atom is -0.506 e. The lowest BCUT2D eigenvalue weighted by atomic mass is 10.1. The highest BCUT2D eigenvalue weighted by molar-refractivity contribution is 6.36. The molecule has 0 aromatic heterocycles. The van der Waals surface area contributed by atoms with Crippen LogP contribution < -0.4 is 4.90 Å². The summed E-state index contributed by atoms with van der Waals surface area (Å²) < 4.78 is 0. The van der Waals surface area contributed by atoms with Crippen molar-refractivity contribution in [2.45, 2.75) is 0 Å². The molecular weight excluding hydrogens is 276 g/mol. The molecule has 2 aromatic rings. The second-order valence-corrected chi connectivity index (χ2v) is 4.39. The Balaban J connectivity index is 2.21. The first-order valence-electron chi connectivity index (χ1n) is 5.96. The standard InChI is InChI=1S/C14H8N2O5/c17-11-7-2-1-5-9(11)15-13(18)8-4-3-6-10(16(20)21)12(8)14(15)19/h1-7,17H. The third-order valence-electron chi connectivity index (χ3n) is 3.21. The number of rotatable bonds is 2. The number of hydrogen-bond acceptors (Lipinski definition) is 5. The van der Waals surface area contributed by atoms with Crippen LogP contribution in [0.2, 0.25) is 0 Å². The van der Waals surface area contributed by atoms with Gasteiger partial charge in [-0.3, -0.25) is 19.7 Å². The molecule has 2 aromatic carbocycles. The zero-order valence-corrected chi connectivity index (χ0v) is 10.5. The summed E-state index contributed by atoms with van der Waals surface area (Å²) in [5, 5.41) is 20.8. The molecule has 0 aliphatic carbocycles. The number of para-hydroxylation sites is 2. The number of hydrogen-bond donors (Lipinski definition) is 1. The molecule has 1 aliphatic rings. The highest BCUT2D eigenvalue weighted by atomic mass is 16.6. The van der Waals surface area contributed by atoms with Gasteiger partial charge in [-0.05, 0) is 18.2 Å². The van der Waals surface area contributed by atoms with Gasteiger partial charge in [0.25, 0.3) is 17.5 Å². The zero-order valence-electron chi connectivity index (χ0n) is 10.5. The maximum Gasteiger partial charge on any atom is 0.283 e. The van der Waals surface area contributed by atoms with Crippen molar-refractivity contribution >= 4 is 23.2 Å². The number of nitrogens with zero attached hydrogens (tertiary/aromatic N) is 2. The highest BCUT2D eigenvalue weighted by Crippen LogP contribution is 2.37. The van der Waals surface area contributed by atoms with E-state index in [0.29, 0.717) is 0 Å². The summed E-state index contributed by atoms with van der Waals surface area (Å²) in [5.74, 6) is -1.77. The zero-order chi connectivity index (χ0) is 15.1. The summed E-state index contributed by atoms with van der Waals surface area (Å²) in [5.41, 5.74) is -0.727. The van der Waals surface area contributed by atoms with Crippen LogP contribution in [0.3, 0.4) is 0 Å². The van der Waals surface area contributed by atoms with E-state index in [2.05, 4.69) is 0 Å². The number of carbonyl (C=O) groups excluding carboxylic acids is 2. The average molecular weight is 284 g/mol. The van der Waals surface area contributed by atoms with Crippen LogP contribution in [-0.4, -0.2) is 21.8 Å². The number of benzene rings is 2. The van der Waals surface area contributed by atoms with E-state index in [-0.39, 0.29) is 22.6 Å². The monoisotopic (exact) mass is 284 g/mol. The largest absolute Gasteiger partial charge is 0.506 e. The molecule has 3 rings (SSSR count). The van der Waals surface area contributed by atoms with E-state index in [1.807, 2.05) is 0 Å². The maximum absolute atomic E-state index is 12.4. The fourth-order valence-corrected chi connectivity index (χ4v) is 2.29. The molecule has 1 heterocycles. The van der Waals surface area contributed by atoms with Crippen molar-refractivity contribution in [3.63, 3.8) is 0 Å². The Morgan fingerprint density at radius 2 is 1.71 bits per heavy atom. The first-order valence-corrected chi connectivity index (χ1v) is 5.96. The molecular formula is C14H8N2O5. The molecule has 2 amide bonds. The number of nitro benzene ring substituents is 1. The quantitative estimate of drug-likeness (QED) is 0.517. The summed E-state index contributed by atoms with van der Waals surface area (Å²) in [6.45, 7) is 0. The number of imide groups is 1. The maximum atomic E-state index is 12.4. The van der Waals surface area contributed by atoms with Crippen molar-refractivity contribution in [1.82, 2.24) is 0 Å². The molecule has 0 unspecified atom stereocenters. The van der Waals surface area contributed by atoms with E-state index in [4.69, 9.17) is 0 Å². The fraction of sp³-hybridized carbons (Fsp3) is 0. The summed E-state index contributed by atoms with van der Waals surface area (Å²) in [6, 6.07) is 9.67. The normalized spacial score (nSPS) is 13.4. The lowest BCUT2D eigenvalue weighted by Gasteiger charge is -2.14. The molecule has 0 spiro atoms. The van der Waals surface area contributed by atoms with E-state index in [1.54, 1.807) is 12.1 Å². The lowest BCUT2D eigenvalue weighted by molar-refractivity contribution is -0.385. The Morgan fingerprint density at radius 3 is 2.38 bits per heavy atom. The molecule has 0 saturated heterocycles. The molecule has 7 nitrogen and oxygen atoms in total. The number of carbonyl (C=O) groups is 2. The number of nitro groups is 1. The van der Waals surface area contributed by atoms with Gasteiger partial charge in [-0.2, -0.15) is 0 Å². The minimum absolute atomic E-state index is 0.00185. The summed E-state index contributed by atoms with van der Waals surface area (Å²) >= 11 is 0. The Morgan fingerprint density at radius 1 is 1.00 bits per heavy atom. The molecule has 1 aliphatic heterocycles. The van der Waals surface area contributed by atoms with Gasteiger partial charge in [-0.15, -0.1) is 0 Å². The van der Waals surface area contributed by atoms with Crippen molar-refractivity contribution in [3.8, 4) is 5.75 Å². The Hall–Kier alpha value is -3.22. The lowest BCUT2D eigenvalue weighted by Crippen LogP contribution is -2.29. The van der Waals surface area contributed by atoms with Gasteiger partial charge in [0.05, 0.1) is 16.2 Å². The third-order valence-corrected chi connectivity index (χ3v) is 3.21. The number of phenols is 1. The van der Waals surface area contributed by atoms with Crippen LogP contribution in [0.1, 0.15) is 20.7 Å². The summed E-state index contributed by atoms with van der Waals surface area (Å²) in [4.78, 5) is 35.7. The predicted molar refractivity (Wildman–Crippen MR) is 72.3 cm³/mol.